The van der Waals surface area contributed by atoms with Gasteiger partial charge in [0.05, 0.1) is 6.20 Å². The summed E-state index contributed by atoms with van der Waals surface area (Å²) in [6, 6.07) is 0.397. The monoisotopic (exact) mass is 270 g/mol. The molecule has 0 amide bonds. The lowest BCUT2D eigenvalue weighted by Crippen LogP contribution is -2.39. The number of fused-ring (bicyclic) bond motifs is 1. The fourth-order valence-electron chi connectivity index (χ4n) is 2.92. The van der Waals surface area contributed by atoms with Crippen LogP contribution in [0.1, 0.15) is 19.3 Å². The number of hydrogen-bond acceptors (Lipinski definition) is 4. The Kier molecular flexibility index (Phi) is 3.13. The van der Waals surface area contributed by atoms with Crippen LogP contribution in [0.15, 0.2) is 17.3 Å². The van der Waals surface area contributed by atoms with Crippen molar-refractivity contribution in [2.45, 2.75) is 30.2 Å². The Balaban J connectivity index is 1.83. The van der Waals surface area contributed by atoms with Crippen molar-refractivity contribution in [1.29, 1.82) is 0 Å². The van der Waals surface area contributed by atoms with Gasteiger partial charge < -0.3 is 0 Å². The molecule has 1 unspecified atom stereocenters. The lowest BCUT2D eigenvalue weighted by molar-refractivity contribution is 0.257. The Morgan fingerprint density at radius 1 is 1.28 bits per heavy atom. The first-order valence-electron chi connectivity index (χ1n) is 6.41. The van der Waals surface area contributed by atoms with Crippen molar-refractivity contribution in [1.82, 2.24) is 19.4 Å². The van der Waals surface area contributed by atoms with Crippen LogP contribution in [0.25, 0.3) is 0 Å². The van der Waals surface area contributed by atoms with Crippen LogP contribution in [0, 0.1) is 0 Å². The van der Waals surface area contributed by atoms with Gasteiger partial charge in [0.2, 0.25) is 10.0 Å². The van der Waals surface area contributed by atoms with Gasteiger partial charge in [0.15, 0.2) is 0 Å². The number of nitrogens with one attached hydrogen (secondary N) is 1. The summed E-state index contributed by atoms with van der Waals surface area (Å²) in [5.41, 5.74) is 0. The van der Waals surface area contributed by atoms with Gasteiger partial charge in [-0.2, -0.15) is 9.40 Å². The standard InChI is InChI=1S/C11H18N4O2S/c16-18(17,11-7-12-13-8-11)15-6-2-5-14-4-1-3-10(14)9-15/h7-8,10H,1-6,9H2,(H,12,13). The maximum atomic E-state index is 12.4. The smallest absolute Gasteiger partial charge is 0.246 e. The fourth-order valence-corrected chi connectivity index (χ4v) is 4.34. The molecule has 0 aliphatic carbocycles. The van der Waals surface area contributed by atoms with Crippen molar-refractivity contribution in [3.05, 3.63) is 12.4 Å². The second-order valence-electron chi connectivity index (χ2n) is 4.98. The number of nitrogens with zero attached hydrogens (tertiary/aromatic N) is 3. The molecule has 0 bridgehead atoms. The zero-order valence-electron chi connectivity index (χ0n) is 10.2. The maximum absolute atomic E-state index is 12.4. The first-order chi connectivity index (χ1) is 8.68. The van der Waals surface area contributed by atoms with Gasteiger partial charge in [-0.25, -0.2) is 8.42 Å². The third-order valence-electron chi connectivity index (χ3n) is 3.88. The number of aromatic amines is 1. The first kappa shape index (κ1) is 12.1. The van der Waals surface area contributed by atoms with Crippen LogP contribution in [0.5, 0.6) is 0 Å². The Morgan fingerprint density at radius 2 is 2.11 bits per heavy atom. The van der Waals surface area contributed by atoms with E-state index in [1.54, 1.807) is 4.31 Å². The molecule has 1 atom stereocenters. The normalized spacial score (nSPS) is 27.0. The number of aromatic nitrogens is 2. The number of sulfonamides is 1. The van der Waals surface area contributed by atoms with Crippen molar-refractivity contribution >= 4 is 10.0 Å². The number of hydrogen-bond donors (Lipinski definition) is 1. The van der Waals surface area contributed by atoms with Gasteiger partial charge in [0, 0.05) is 25.3 Å². The molecule has 2 saturated heterocycles. The van der Waals surface area contributed by atoms with E-state index in [-0.39, 0.29) is 4.90 Å². The van der Waals surface area contributed by atoms with E-state index >= 15 is 0 Å². The summed E-state index contributed by atoms with van der Waals surface area (Å²) >= 11 is 0. The summed E-state index contributed by atoms with van der Waals surface area (Å²) in [4.78, 5) is 2.69. The van der Waals surface area contributed by atoms with Crippen LogP contribution in [0.4, 0.5) is 0 Å². The highest BCUT2D eigenvalue weighted by molar-refractivity contribution is 7.89. The zero-order chi connectivity index (χ0) is 12.6. The minimum Gasteiger partial charge on any atom is -0.299 e. The third-order valence-corrected chi connectivity index (χ3v) is 5.71. The van der Waals surface area contributed by atoms with Crippen LogP contribution >= 0.6 is 0 Å². The second kappa shape index (κ2) is 4.64. The molecule has 1 aromatic heterocycles. The van der Waals surface area contributed by atoms with Gasteiger partial charge in [-0.05, 0) is 32.4 Å². The molecule has 3 heterocycles. The highest BCUT2D eigenvalue weighted by Crippen LogP contribution is 2.24. The van der Waals surface area contributed by atoms with Gasteiger partial charge in [-0.15, -0.1) is 0 Å². The molecule has 0 radical (unpaired) electrons. The van der Waals surface area contributed by atoms with E-state index in [4.69, 9.17) is 0 Å². The van der Waals surface area contributed by atoms with E-state index in [0.29, 0.717) is 19.1 Å². The zero-order valence-corrected chi connectivity index (χ0v) is 11.1. The van der Waals surface area contributed by atoms with Crippen LogP contribution < -0.4 is 0 Å². The minimum absolute atomic E-state index is 0.272. The molecule has 7 heteroatoms. The lowest BCUT2D eigenvalue weighted by atomic mass is 10.2. The first-order valence-corrected chi connectivity index (χ1v) is 7.85. The molecule has 1 aromatic rings. The van der Waals surface area contributed by atoms with Crippen LogP contribution in [0.3, 0.4) is 0 Å². The van der Waals surface area contributed by atoms with Gasteiger partial charge in [-0.3, -0.25) is 10.00 Å². The summed E-state index contributed by atoms with van der Waals surface area (Å²) < 4.78 is 26.5. The molecule has 3 rings (SSSR count). The van der Waals surface area contributed by atoms with Crippen molar-refractivity contribution in [2.75, 3.05) is 26.2 Å². The largest absolute Gasteiger partial charge is 0.299 e. The van der Waals surface area contributed by atoms with Crippen LogP contribution in [-0.2, 0) is 10.0 Å². The Morgan fingerprint density at radius 3 is 2.89 bits per heavy atom. The van der Waals surface area contributed by atoms with Gasteiger partial charge in [0.1, 0.15) is 4.90 Å². The summed E-state index contributed by atoms with van der Waals surface area (Å²) in [6.07, 6.45) is 6.04. The summed E-state index contributed by atoms with van der Waals surface area (Å²) in [5.74, 6) is 0. The molecule has 1 N–H and O–H groups in total. The van der Waals surface area contributed by atoms with E-state index in [0.717, 1.165) is 25.9 Å². The van der Waals surface area contributed by atoms with Gasteiger partial charge >= 0.3 is 0 Å². The topological polar surface area (TPSA) is 69.3 Å². The van der Waals surface area contributed by atoms with Crippen molar-refractivity contribution in [3.63, 3.8) is 0 Å². The minimum atomic E-state index is -3.37. The SMILES string of the molecule is O=S(=O)(c1cn[nH]c1)N1CCCN2CCCC2C1. The molecule has 100 valence electrons. The quantitative estimate of drug-likeness (QED) is 0.837. The van der Waals surface area contributed by atoms with E-state index in [2.05, 4.69) is 15.1 Å². The lowest BCUT2D eigenvalue weighted by Gasteiger charge is -2.24. The van der Waals surface area contributed by atoms with Crippen molar-refractivity contribution < 1.29 is 8.42 Å². The Hall–Kier alpha value is -0.920. The van der Waals surface area contributed by atoms with Crippen molar-refractivity contribution in [3.8, 4) is 0 Å². The molecule has 2 aliphatic heterocycles. The summed E-state index contributed by atoms with van der Waals surface area (Å²) in [7, 11) is -3.37. The fraction of sp³-hybridized carbons (Fsp3) is 0.727. The highest BCUT2D eigenvalue weighted by atomic mass is 32.2. The van der Waals surface area contributed by atoms with E-state index < -0.39 is 10.0 Å². The second-order valence-corrected chi connectivity index (χ2v) is 6.92. The average Bonchev–Trinajstić information content (AvgIpc) is 2.97. The molecule has 0 spiro atoms. The predicted molar refractivity (Wildman–Crippen MR) is 66.6 cm³/mol. The summed E-state index contributed by atoms with van der Waals surface area (Å²) in [5, 5.41) is 6.30. The van der Waals surface area contributed by atoms with Crippen LogP contribution in [-0.4, -0.2) is 60.0 Å². The molecule has 6 nitrogen and oxygen atoms in total. The molecule has 18 heavy (non-hydrogen) atoms. The Bertz CT molecular complexity index is 499. The van der Waals surface area contributed by atoms with E-state index in [1.807, 2.05) is 0 Å². The van der Waals surface area contributed by atoms with E-state index in [1.165, 1.54) is 18.8 Å². The summed E-state index contributed by atoms with van der Waals surface area (Å²) in [6.45, 7) is 3.36. The predicted octanol–water partition coefficient (Wildman–Crippen LogP) is 0.269. The molecule has 2 aliphatic rings. The molecule has 2 fully saturated rings. The van der Waals surface area contributed by atoms with Gasteiger partial charge in [-0.1, -0.05) is 0 Å². The molecular weight excluding hydrogens is 252 g/mol. The number of H-pyrrole nitrogens is 1. The highest BCUT2D eigenvalue weighted by Gasteiger charge is 2.34. The van der Waals surface area contributed by atoms with Crippen molar-refractivity contribution in [2.24, 2.45) is 0 Å². The molecule has 0 aromatic carbocycles. The van der Waals surface area contributed by atoms with Crippen LogP contribution in [0.2, 0.25) is 0 Å². The molecule has 0 saturated carbocycles. The maximum Gasteiger partial charge on any atom is 0.246 e. The Labute approximate surface area is 107 Å². The number of rotatable bonds is 2. The van der Waals surface area contributed by atoms with Gasteiger partial charge in [0.25, 0.3) is 0 Å². The third kappa shape index (κ3) is 2.06. The van der Waals surface area contributed by atoms with E-state index in [9.17, 15) is 8.42 Å². The average molecular weight is 270 g/mol. The molecular formula is C11H18N4O2S.